The minimum Gasteiger partial charge on any atom is -0.456 e. The molecule has 1 saturated heterocycles. The quantitative estimate of drug-likeness (QED) is 0.177. The van der Waals surface area contributed by atoms with E-state index in [1.807, 2.05) is 39.8 Å². The van der Waals surface area contributed by atoms with Gasteiger partial charge < -0.3 is 28.3 Å². The maximum absolute atomic E-state index is 13.7. The van der Waals surface area contributed by atoms with Crippen LogP contribution in [0, 0.1) is 17.3 Å². The van der Waals surface area contributed by atoms with Gasteiger partial charge in [-0.2, -0.15) is 0 Å². The van der Waals surface area contributed by atoms with Crippen molar-refractivity contribution < 1.29 is 37.8 Å². The van der Waals surface area contributed by atoms with Crippen molar-refractivity contribution in [2.75, 3.05) is 0 Å². The van der Waals surface area contributed by atoms with Crippen LogP contribution in [0.1, 0.15) is 122 Å². The number of benzene rings is 1. The van der Waals surface area contributed by atoms with Gasteiger partial charge in [-0.1, -0.05) is 32.9 Å². The summed E-state index contributed by atoms with van der Waals surface area (Å²) in [5.74, 6) is 0.533. The first-order valence-electron chi connectivity index (χ1n) is 15.6. The monoisotopic (exact) mass is 584 g/mol. The molecule has 9 heteroatoms. The first-order valence-corrected chi connectivity index (χ1v) is 15.6. The molecule has 1 aliphatic heterocycles. The Morgan fingerprint density at radius 3 is 2.29 bits per heavy atom. The lowest BCUT2D eigenvalue weighted by molar-refractivity contribution is -0.199. The average molecular weight is 585 g/mol. The van der Waals surface area contributed by atoms with Crippen molar-refractivity contribution in [2.24, 2.45) is 17.3 Å². The number of carbonyl (C=O) groups excluding carboxylic acids is 2. The highest BCUT2D eigenvalue weighted by atomic mass is 16.7. The Balaban J connectivity index is 1.45. The fourth-order valence-electron chi connectivity index (χ4n) is 7.07. The number of hydrogen-bond donors (Lipinski definition) is 0. The van der Waals surface area contributed by atoms with Crippen molar-refractivity contribution in [1.82, 2.24) is 0 Å². The van der Waals surface area contributed by atoms with Crippen molar-refractivity contribution in [3.8, 4) is 5.75 Å². The number of hydrogen-bond acceptors (Lipinski definition) is 8. The van der Waals surface area contributed by atoms with E-state index in [9.17, 15) is 9.59 Å². The lowest BCUT2D eigenvalue weighted by Gasteiger charge is -2.64. The molecular formula is C33H49BO8. The Kier molecular flexibility index (Phi) is 8.07. The average Bonchev–Trinajstić information content (AvgIpc) is 3.59. The Bertz CT molecular complexity index is 1210. The molecule has 2 unspecified atom stereocenters. The summed E-state index contributed by atoms with van der Waals surface area (Å²) in [5.41, 5.74) is -0.0881. The fourth-order valence-corrected chi connectivity index (χ4v) is 7.07. The minimum absolute atomic E-state index is 0.0724. The van der Waals surface area contributed by atoms with E-state index in [0.29, 0.717) is 29.3 Å². The summed E-state index contributed by atoms with van der Waals surface area (Å²) in [6.45, 7) is 19.9. The highest BCUT2D eigenvalue weighted by molar-refractivity contribution is 6.45. The number of carbonyl (C=O) groups is 2. The van der Waals surface area contributed by atoms with E-state index in [1.165, 1.54) is 6.42 Å². The van der Waals surface area contributed by atoms with Gasteiger partial charge in [0.2, 0.25) is 0 Å². The Labute approximate surface area is 251 Å². The van der Waals surface area contributed by atoms with Gasteiger partial charge in [-0.15, -0.1) is 0 Å². The van der Waals surface area contributed by atoms with Crippen molar-refractivity contribution in [3.05, 3.63) is 28.8 Å². The summed E-state index contributed by atoms with van der Waals surface area (Å²) < 4.78 is 36.4. The van der Waals surface area contributed by atoms with Gasteiger partial charge in [-0.3, -0.25) is 0 Å². The van der Waals surface area contributed by atoms with Gasteiger partial charge in [0.1, 0.15) is 16.8 Å². The number of esters is 1. The zero-order chi connectivity index (χ0) is 30.8. The molecule has 5 fully saturated rings. The molecular weight excluding hydrogens is 535 g/mol. The second kappa shape index (κ2) is 10.8. The van der Waals surface area contributed by atoms with Crippen LogP contribution in [0.25, 0.3) is 0 Å². The van der Waals surface area contributed by atoms with Crippen LogP contribution in [0.3, 0.4) is 0 Å². The van der Waals surface area contributed by atoms with Crippen LogP contribution in [0.5, 0.6) is 5.75 Å². The fraction of sp³-hybridized carbons (Fsp3) is 0.758. The first kappa shape index (κ1) is 31.3. The largest absolute Gasteiger partial charge is 0.514 e. The van der Waals surface area contributed by atoms with E-state index in [0.717, 1.165) is 19.3 Å². The minimum atomic E-state index is -0.880. The molecule has 1 heterocycles. The molecule has 5 aliphatic rings. The van der Waals surface area contributed by atoms with Crippen LogP contribution in [0.2, 0.25) is 6.32 Å². The van der Waals surface area contributed by atoms with Gasteiger partial charge in [0.15, 0.2) is 5.75 Å². The molecule has 0 N–H and O–H groups in total. The number of rotatable bonds is 8. The van der Waals surface area contributed by atoms with Crippen molar-refractivity contribution in [1.29, 1.82) is 0 Å². The molecule has 1 aromatic rings. The second-order valence-electron chi connectivity index (χ2n) is 15.6. The van der Waals surface area contributed by atoms with E-state index >= 15 is 0 Å². The molecule has 6 rings (SSSR count). The van der Waals surface area contributed by atoms with Crippen LogP contribution < -0.4 is 4.74 Å². The molecule has 4 saturated carbocycles. The van der Waals surface area contributed by atoms with Gasteiger partial charge in [0.05, 0.1) is 24.4 Å². The Hall–Kier alpha value is -2.10. The van der Waals surface area contributed by atoms with Gasteiger partial charge >= 0.3 is 19.2 Å². The molecule has 0 aromatic heterocycles. The second-order valence-corrected chi connectivity index (χ2v) is 15.6. The van der Waals surface area contributed by atoms with Crippen molar-refractivity contribution in [2.45, 2.75) is 143 Å². The van der Waals surface area contributed by atoms with Crippen LogP contribution in [0.15, 0.2) is 12.1 Å². The third-order valence-corrected chi connectivity index (χ3v) is 9.53. The molecule has 5 atom stereocenters. The predicted octanol–water partition coefficient (Wildman–Crippen LogP) is 7.47. The normalized spacial score (nSPS) is 28.9. The van der Waals surface area contributed by atoms with Gasteiger partial charge in [0, 0.05) is 0 Å². The first-order chi connectivity index (χ1) is 19.4. The SMILES string of the molecule is CC(CB1OC2C[C@H]3C[C@H](C3(C)C)[C@]2(C)O1)c1ccc(COC2CC2)c(C(=O)OC(C)(C)C)c1OC(=O)OC(C)(C)C. The van der Waals surface area contributed by atoms with E-state index in [-0.39, 0.29) is 47.1 Å². The van der Waals surface area contributed by atoms with Crippen LogP contribution in [-0.2, 0) is 30.1 Å². The third kappa shape index (κ3) is 6.39. The maximum atomic E-state index is 13.7. The topological polar surface area (TPSA) is 89.5 Å². The summed E-state index contributed by atoms with van der Waals surface area (Å²) in [4.78, 5) is 26.7. The lowest BCUT2D eigenvalue weighted by atomic mass is 9.43. The lowest BCUT2D eigenvalue weighted by Crippen LogP contribution is -2.65. The molecule has 4 aliphatic carbocycles. The molecule has 8 nitrogen and oxygen atoms in total. The molecule has 0 spiro atoms. The van der Waals surface area contributed by atoms with Crippen molar-refractivity contribution >= 4 is 19.2 Å². The molecule has 2 bridgehead atoms. The van der Waals surface area contributed by atoms with E-state index < -0.39 is 30.4 Å². The van der Waals surface area contributed by atoms with Gasteiger partial charge in [0.25, 0.3) is 0 Å². The van der Waals surface area contributed by atoms with Gasteiger partial charge in [-0.25, -0.2) is 9.59 Å². The van der Waals surface area contributed by atoms with E-state index in [4.69, 9.17) is 28.3 Å². The summed E-state index contributed by atoms with van der Waals surface area (Å²) in [6.07, 6.45) is 4.11. The Morgan fingerprint density at radius 1 is 1.02 bits per heavy atom. The number of ether oxygens (including phenoxy) is 4. The standard InChI is InChI=1S/C33H49BO8/c1-19(17-34-41-25-16-21-15-24(32(21,8)9)33(25,10)42-34)23-14-11-20(18-37-22-12-13-22)26(28(35)39-30(2,3)4)27(23)38-29(36)40-31(5,6)7/h11,14,19,21-22,24-25H,12-13,15-18H2,1-10H3/t19?,21-,24-,25?,33+/m1/s1. The summed E-state index contributed by atoms with van der Waals surface area (Å²) in [6, 6.07) is 3.79. The maximum Gasteiger partial charge on any atom is 0.514 e. The van der Waals surface area contributed by atoms with Crippen LogP contribution >= 0.6 is 0 Å². The third-order valence-electron chi connectivity index (χ3n) is 9.53. The van der Waals surface area contributed by atoms with E-state index in [1.54, 1.807) is 20.8 Å². The van der Waals surface area contributed by atoms with Crippen LogP contribution in [0.4, 0.5) is 4.79 Å². The van der Waals surface area contributed by atoms with Crippen molar-refractivity contribution in [3.63, 3.8) is 0 Å². The molecule has 0 radical (unpaired) electrons. The van der Waals surface area contributed by atoms with E-state index in [2.05, 4.69) is 20.8 Å². The van der Waals surface area contributed by atoms with Crippen LogP contribution in [-0.4, -0.2) is 48.3 Å². The summed E-state index contributed by atoms with van der Waals surface area (Å²) in [7, 11) is -0.401. The predicted molar refractivity (Wildman–Crippen MR) is 160 cm³/mol. The molecule has 42 heavy (non-hydrogen) atoms. The Morgan fingerprint density at radius 2 is 1.69 bits per heavy atom. The molecule has 232 valence electrons. The highest BCUT2D eigenvalue weighted by Gasteiger charge is 2.67. The zero-order valence-corrected chi connectivity index (χ0v) is 27.1. The highest BCUT2D eigenvalue weighted by Crippen LogP contribution is 2.66. The molecule has 1 aromatic carbocycles. The summed E-state index contributed by atoms with van der Waals surface area (Å²) >= 11 is 0. The summed E-state index contributed by atoms with van der Waals surface area (Å²) in [5, 5.41) is 0. The zero-order valence-electron chi connectivity index (χ0n) is 27.1. The van der Waals surface area contributed by atoms with Gasteiger partial charge in [-0.05, 0) is 115 Å². The smallest absolute Gasteiger partial charge is 0.456 e. The molecule has 0 amide bonds.